The predicted molar refractivity (Wildman–Crippen MR) is 119 cm³/mol. The summed E-state index contributed by atoms with van der Waals surface area (Å²) in [6.45, 7) is 2.60. The lowest BCUT2D eigenvalue weighted by atomic mass is 10.2. The molecule has 0 spiro atoms. The first-order valence-electron chi connectivity index (χ1n) is 9.33. The van der Waals surface area contributed by atoms with E-state index in [2.05, 4.69) is 4.90 Å². The summed E-state index contributed by atoms with van der Waals surface area (Å²) in [7, 11) is 4.07. The first kappa shape index (κ1) is 21.4. The van der Waals surface area contributed by atoms with E-state index < -0.39 is 0 Å². The van der Waals surface area contributed by atoms with Gasteiger partial charge in [0.05, 0.1) is 10.2 Å². The number of aromatic nitrogens is 1. The van der Waals surface area contributed by atoms with E-state index in [1.165, 1.54) is 11.3 Å². The van der Waals surface area contributed by atoms with Gasteiger partial charge in [0.25, 0.3) is 5.91 Å². The maximum absolute atomic E-state index is 13.2. The Balaban J connectivity index is 0.00000240. The lowest BCUT2D eigenvalue weighted by Crippen LogP contribution is -2.33. The number of nitrogens with zero attached hydrogens (tertiary/aromatic N) is 3. The van der Waals surface area contributed by atoms with Crippen molar-refractivity contribution < 1.29 is 14.3 Å². The largest absolute Gasteiger partial charge is 0.486 e. The molecule has 0 bridgehead atoms. The van der Waals surface area contributed by atoms with Gasteiger partial charge >= 0.3 is 0 Å². The molecule has 29 heavy (non-hydrogen) atoms. The third-order valence-electron chi connectivity index (χ3n) is 4.52. The summed E-state index contributed by atoms with van der Waals surface area (Å²) in [5, 5.41) is 0.699. The van der Waals surface area contributed by atoms with Crippen molar-refractivity contribution in [1.82, 2.24) is 9.88 Å². The number of thiazole rings is 1. The molecule has 6 nitrogen and oxygen atoms in total. The zero-order valence-electron chi connectivity index (χ0n) is 16.5. The summed E-state index contributed by atoms with van der Waals surface area (Å²) in [4.78, 5) is 21.8. The number of amides is 1. The van der Waals surface area contributed by atoms with Crippen molar-refractivity contribution >= 4 is 45.0 Å². The van der Waals surface area contributed by atoms with Crippen LogP contribution in [0.4, 0.5) is 5.13 Å². The maximum Gasteiger partial charge on any atom is 0.260 e. The third kappa shape index (κ3) is 4.80. The highest BCUT2D eigenvalue weighted by atomic mass is 35.5. The molecule has 0 N–H and O–H groups in total. The molecule has 4 rings (SSSR count). The van der Waals surface area contributed by atoms with Crippen LogP contribution in [-0.2, 0) is 0 Å². The molecular weight excluding hydrogens is 410 g/mol. The first-order chi connectivity index (χ1) is 13.6. The number of carbonyl (C=O) groups excluding carboxylic acids is 1. The van der Waals surface area contributed by atoms with Gasteiger partial charge in [0, 0.05) is 24.2 Å². The Morgan fingerprint density at radius 1 is 1.07 bits per heavy atom. The minimum Gasteiger partial charge on any atom is -0.486 e. The molecule has 154 valence electrons. The predicted octanol–water partition coefficient (Wildman–Crippen LogP) is 4.09. The Kier molecular flexibility index (Phi) is 6.95. The summed E-state index contributed by atoms with van der Waals surface area (Å²) in [5.74, 6) is 1.42. The highest BCUT2D eigenvalue weighted by molar-refractivity contribution is 7.22. The van der Waals surface area contributed by atoms with Gasteiger partial charge in [-0.15, -0.1) is 12.4 Å². The van der Waals surface area contributed by atoms with E-state index in [4.69, 9.17) is 14.5 Å². The minimum absolute atomic E-state index is 0. The fourth-order valence-corrected chi connectivity index (χ4v) is 4.13. The Morgan fingerprint density at radius 2 is 1.76 bits per heavy atom. The Labute approximate surface area is 180 Å². The van der Waals surface area contributed by atoms with Gasteiger partial charge < -0.3 is 14.4 Å². The molecule has 0 fully saturated rings. The van der Waals surface area contributed by atoms with Crippen LogP contribution in [0.3, 0.4) is 0 Å². The highest BCUT2D eigenvalue weighted by Crippen LogP contribution is 2.39. The number of hydrogen-bond acceptors (Lipinski definition) is 6. The van der Waals surface area contributed by atoms with Crippen molar-refractivity contribution in [1.29, 1.82) is 0 Å². The van der Waals surface area contributed by atoms with Crippen LogP contribution in [0.1, 0.15) is 16.8 Å². The Morgan fingerprint density at radius 3 is 2.45 bits per heavy atom. The van der Waals surface area contributed by atoms with E-state index >= 15 is 0 Å². The topological polar surface area (TPSA) is 54.9 Å². The van der Waals surface area contributed by atoms with Gasteiger partial charge in [0.15, 0.2) is 16.6 Å². The van der Waals surface area contributed by atoms with Gasteiger partial charge in [-0.05, 0) is 39.2 Å². The Hall–Kier alpha value is -2.35. The standard InChI is InChI=1S/C21H23N3O3S.ClH/c1-23(2)9-6-10-24(20(25)15-7-4-3-5-8-15)21-22-16-13-17-18(14-19(16)28-21)27-12-11-26-17;/h3-5,7-8,13-14H,6,9-12H2,1-2H3;1H. The SMILES string of the molecule is CN(C)CCCN(C(=O)c1ccccc1)c1nc2cc3c(cc2s1)OCCO3.Cl. The zero-order chi connectivity index (χ0) is 19.5. The van der Waals surface area contributed by atoms with Crippen LogP contribution in [0, 0.1) is 0 Å². The van der Waals surface area contributed by atoms with Crippen molar-refractivity contribution in [2.24, 2.45) is 0 Å². The molecule has 1 amide bonds. The van der Waals surface area contributed by atoms with Crippen LogP contribution in [0.25, 0.3) is 10.2 Å². The first-order valence-corrected chi connectivity index (χ1v) is 10.2. The average Bonchev–Trinajstić information content (AvgIpc) is 3.11. The van der Waals surface area contributed by atoms with Crippen molar-refractivity contribution in [2.45, 2.75) is 6.42 Å². The van der Waals surface area contributed by atoms with Gasteiger partial charge in [0.1, 0.15) is 13.2 Å². The van der Waals surface area contributed by atoms with Crippen molar-refractivity contribution in [3.8, 4) is 11.5 Å². The van der Waals surface area contributed by atoms with Crippen LogP contribution >= 0.6 is 23.7 Å². The summed E-state index contributed by atoms with van der Waals surface area (Å²) in [5.41, 5.74) is 1.49. The maximum atomic E-state index is 13.2. The molecule has 0 radical (unpaired) electrons. The van der Waals surface area contributed by atoms with E-state index in [9.17, 15) is 4.79 Å². The fourth-order valence-electron chi connectivity index (χ4n) is 3.13. The van der Waals surface area contributed by atoms with E-state index in [1.807, 2.05) is 56.6 Å². The molecule has 0 unspecified atom stereocenters. The van der Waals surface area contributed by atoms with Gasteiger partial charge in [-0.2, -0.15) is 0 Å². The van der Waals surface area contributed by atoms with Crippen molar-refractivity contribution in [3.63, 3.8) is 0 Å². The van der Waals surface area contributed by atoms with Gasteiger partial charge in [-0.3, -0.25) is 9.69 Å². The fraction of sp³-hybridized carbons (Fsp3) is 0.333. The lowest BCUT2D eigenvalue weighted by Gasteiger charge is -2.21. The van der Waals surface area contributed by atoms with Crippen LogP contribution in [0.2, 0.25) is 0 Å². The molecule has 0 saturated heterocycles. The molecule has 0 saturated carbocycles. The molecular formula is C21H24ClN3O3S. The molecule has 2 heterocycles. The van der Waals surface area contributed by atoms with E-state index in [-0.39, 0.29) is 18.3 Å². The molecule has 2 aromatic carbocycles. The number of fused-ring (bicyclic) bond motifs is 2. The number of benzene rings is 2. The molecule has 1 aliphatic rings. The summed E-state index contributed by atoms with van der Waals surface area (Å²) in [6.07, 6.45) is 0.865. The van der Waals surface area contributed by atoms with Crippen LogP contribution in [0.5, 0.6) is 11.5 Å². The third-order valence-corrected chi connectivity index (χ3v) is 5.57. The number of halogens is 1. The minimum atomic E-state index is -0.0318. The van der Waals surface area contributed by atoms with E-state index in [0.717, 1.165) is 28.9 Å². The molecule has 3 aromatic rings. The van der Waals surface area contributed by atoms with Crippen molar-refractivity contribution in [3.05, 3.63) is 48.0 Å². The van der Waals surface area contributed by atoms with Crippen LogP contribution < -0.4 is 14.4 Å². The summed E-state index contributed by atoms with van der Waals surface area (Å²) >= 11 is 1.50. The van der Waals surface area contributed by atoms with Crippen molar-refractivity contribution in [2.75, 3.05) is 45.3 Å². The monoisotopic (exact) mass is 433 g/mol. The van der Waals surface area contributed by atoms with Crippen LogP contribution in [-0.4, -0.2) is 56.2 Å². The second-order valence-electron chi connectivity index (χ2n) is 6.94. The second kappa shape index (κ2) is 9.43. The number of carbonyl (C=O) groups is 1. The number of rotatable bonds is 6. The second-order valence-corrected chi connectivity index (χ2v) is 7.95. The number of anilines is 1. The normalized spacial score (nSPS) is 12.7. The average molecular weight is 434 g/mol. The molecule has 8 heteroatoms. The van der Waals surface area contributed by atoms with Crippen LogP contribution in [0.15, 0.2) is 42.5 Å². The summed E-state index contributed by atoms with van der Waals surface area (Å²) in [6, 6.07) is 13.2. The van der Waals surface area contributed by atoms with Gasteiger partial charge in [0.2, 0.25) is 0 Å². The van der Waals surface area contributed by atoms with E-state index in [0.29, 0.717) is 36.2 Å². The smallest absolute Gasteiger partial charge is 0.260 e. The molecule has 0 aliphatic carbocycles. The highest BCUT2D eigenvalue weighted by Gasteiger charge is 2.22. The van der Waals surface area contributed by atoms with Gasteiger partial charge in [-0.25, -0.2) is 4.98 Å². The summed E-state index contributed by atoms with van der Waals surface area (Å²) < 4.78 is 12.3. The number of hydrogen-bond donors (Lipinski definition) is 0. The molecule has 1 aliphatic heterocycles. The zero-order valence-corrected chi connectivity index (χ0v) is 18.1. The quantitative estimate of drug-likeness (QED) is 0.586. The number of ether oxygens (including phenoxy) is 2. The molecule has 0 atom stereocenters. The van der Waals surface area contributed by atoms with E-state index in [1.54, 1.807) is 4.90 Å². The van der Waals surface area contributed by atoms with Gasteiger partial charge in [-0.1, -0.05) is 29.5 Å². The molecule has 1 aromatic heterocycles. The lowest BCUT2D eigenvalue weighted by molar-refractivity contribution is 0.0986. The Bertz CT molecular complexity index is 935.